The van der Waals surface area contributed by atoms with Crippen LogP contribution >= 0.6 is 0 Å². The average Bonchev–Trinajstić information content (AvgIpc) is 2.94. The lowest BCUT2D eigenvalue weighted by Gasteiger charge is -2.10. The number of aryl methyl sites for hydroxylation is 1. The van der Waals surface area contributed by atoms with Crippen molar-refractivity contribution >= 4 is 35.0 Å². The van der Waals surface area contributed by atoms with Crippen LogP contribution < -0.4 is 31.2 Å². The Labute approximate surface area is 227 Å². The molecule has 0 atom stereocenters. The fourth-order valence-corrected chi connectivity index (χ4v) is 3.46. The van der Waals surface area contributed by atoms with Crippen molar-refractivity contribution in [3.8, 4) is 11.5 Å². The molecular formula is C29H32N6O4. The standard InChI is InChI=1S/C21H23N5O2.C8H9NO2/c1-4-22-19-13-14(2)23-21(26-19)25-17-9-7-16(8-10-17)24-20(27)15-5-11-18(28-3)12-6-15;1-11-7-5-3-2-4-6(7)8(9)10/h5-13H,4H2,1-3H3,(H,24,27)(H2,22,23,25,26);2-5H,1H3,(H2,9,10). The number of nitrogens with zero attached hydrogens (tertiary/aromatic N) is 2. The van der Waals surface area contributed by atoms with E-state index in [2.05, 4.69) is 25.9 Å². The summed E-state index contributed by atoms with van der Waals surface area (Å²) >= 11 is 0. The van der Waals surface area contributed by atoms with Gasteiger partial charge in [-0.15, -0.1) is 0 Å². The number of aromatic nitrogens is 2. The molecule has 1 heterocycles. The van der Waals surface area contributed by atoms with Crippen molar-refractivity contribution in [2.24, 2.45) is 5.73 Å². The second-order valence-corrected chi connectivity index (χ2v) is 8.20. The zero-order valence-electron chi connectivity index (χ0n) is 22.3. The minimum absolute atomic E-state index is 0.180. The van der Waals surface area contributed by atoms with Gasteiger partial charge in [0.05, 0.1) is 19.8 Å². The minimum Gasteiger partial charge on any atom is -0.497 e. The van der Waals surface area contributed by atoms with Gasteiger partial charge in [0.25, 0.3) is 11.8 Å². The number of amides is 2. The van der Waals surface area contributed by atoms with E-state index in [0.29, 0.717) is 34.3 Å². The number of hydrogen-bond acceptors (Lipinski definition) is 8. The van der Waals surface area contributed by atoms with Crippen LogP contribution in [0.3, 0.4) is 0 Å². The monoisotopic (exact) mass is 528 g/mol. The van der Waals surface area contributed by atoms with Crippen LogP contribution in [0, 0.1) is 6.92 Å². The lowest BCUT2D eigenvalue weighted by atomic mass is 10.2. The van der Waals surface area contributed by atoms with E-state index in [4.69, 9.17) is 15.2 Å². The fraction of sp³-hybridized carbons (Fsp3) is 0.172. The van der Waals surface area contributed by atoms with Gasteiger partial charge in [-0.25, -0.2) is 4.98 Å². The Balaban J connectivity index is 0.000000320. The molecule has 0 saturated carbocycles. The summed E-state index contributed by atoms with van der Waals surface area (Å²) in [4.78, 5) is 31.9. The molecular weight excluding hydrogens is 496 g/mol. The highest BCUT2D eigenvalue weighted by Gasteiger charge is 2.08. The number of rotatable bonds is 9. The zero-order chi connectivity index (χ0) is 28.2. The molecule has 4 aromatic rings. The van der Waals surface area contributed by atoms with Gasteiger partial charge in [0.15, 0.2) is 0 Å². The van der Waals surface area contributed by atoms with Crippen molar-refractivity contribution in [2.45, 2.75) is 13.8 Å². The predicted octanol–water partition coefficient (Wildman–Crippen LogP) is 5.02. The van der Waals surface area contributed by atoms with E-state index in [1.165, 1.54) is 7.11 Å². The van der Waals surface area contributed by atoms with E-state index < -0.39 is 5.91 Å². The summed E-state index contributed by atoms with van der Waals surface area (Å²) in [5, 5.41) is 9.23. The van der Waals surface area contributed by atoms with Gasteiger partial charge in [0.2, 0.25) is 5.95 Å². The number of ether oxygens (including phenoxy) is 2. The van der Waals surface area contributed by atoms with E-state index in [9.17, 15) is 9.59 Å². The first kappa shape index (κ1) is 28.5. The number of hydrogen-bond donors (Lipinski definition) is 4. The van der Waals surface area contributed by atoms with Crippen molar-refractivity contribution in [1.29, 1.82) is 0 Å². The third-order valence-electron chi connectivity index (χ3n) is 5.34. The second kappa shape index (κ2) is 14.0. The molecule has 0 fully saturated rings. The third-order valence-corrected chi connectivity index (χ3v) is 5.34. The normalized spacial score (nSPS) is 9.95. The van der Waals surface area contributed by atoms with Crippen LogP contribution in [0.15, 0.2) is 78.9 Å². The zero-order valence-corrected chi connectivity index (χ0v) is 22.3. The molecule has 10 nitrogen and oxygen atoms in total. The van der Waals surface area contributed by atoms with Crippen LogP contribution in [0.25, 0.3) is 0 Å². The molecule has 0 bridgehead atoms. The van der Waals surface area contributed by atoms with Crippen LogP contribution in [0.4, 0.5) is 23.1 Å². The predicted molar refractivity (Wildman–Crippen MR) is 153 cm³/mol. The van der Waals surface area contributed by atoms with E-state index in [1.807, 2.05) is 44.2 Å². The van der Waals surface area contributed by atoms with Crippen molar-refractivity contribution in [3.63, 3.8) is 0 Å². The number of para-hydroxylation sites is 1. The van der Waals surface area contributed by atoms with Gasteiger partial charge in [0, 0.05) is 35.2 Å². The first-order valence-corrected chi connectivity index (χ1v) is 12.2. The van der Waals surface area contributed by atoms with Gasteiger partial charge < -0.3 is 31.2 Å². The molecule has 39 heavy (non-hydrogen) atoms. The van der Waals surface area contributed by atoms with Crippen LogP contribution in [0.2, 0.25) is 0 Å². The summed E-state index contributed by atoms with van der Waals surface area (Å²) < 4.78 is 10.0. The van der Waals surface area contributed by atoms with Gasteiger partial charge in [-0.05, 0) is 74.5 Å². The summed E-state index contributed by atoms with van der Waals surface area (Å²) in [6.07, 6.45) is 0. The maximum absolute atomic E-state index is 12.3. The molecule has 10 heteroatoms. The number of carbonyl (C=O) groups excluding carboxylic acids is 2. The number of nitrogens with one attached hydrogen (secondary N) is 3. The highest BCUT2D eigenvalue weighted by molar-refractivity contribution is 6.04. The number of anilines is 4. The minimum atomic E-state index is -0.470. The van der Waals surface area contributed by atoms with Crippen molar-refractivity contribution in [2.75, 3.05) is 36.7 Å². The second-order valence-electron chi connectivity index (χ2n) is 8.20. The third kappa shape index (κ3) is 8.46. The van der Waals surface area contributed by atoms with E-state index in [-0.39, 0.29) is 5.91 Å². The summed E-state index contributed by atoms with van der Waals surface area (Å²) in [5.74, 6) is 1.87. The molecule has 2 amide bonds. The Morgan fingerprint density at radius 2 is 1.54 bits per heavy atom. The Hall–Kier alpha value is -5.12. The molecule has 0 aliphatic heterocycles. The highest BCUT2D eigenvalue weighted by atomic mass is 16.5. The van der Waals surface area contributed by atoms with Gasteiger partial charge in [0.1, 0.15) is 17.3 Å². The molecule has 1 aromatic heterocycles. The Morgan fingerprint density at radius 1 is 0.872 bits per heavy atom. The van der Waals surface area contributed by atoms with Crippen molar-refractivity contribution in [1.82, 2.24) is 9.97 Å². The fourth-order valence-electron chi connectivity index (χ4n) is 3.46. The highest BCUT2D eigenvalue weighted by Crippen LogP contribution is 2.20. The lowest BCUT2D eigenvalue weighted by Crippen LogP contribution is -2.11. The number of nitrogens with two attached hydrogens (primary N) is 1. The van der Waals surface area contributed by atoms with Gasteiger partial charge in [-0.1, -0.05) is 12.1 Å². The van der Waals surface area contributed by atoms with Crippen LogP contribution in [0.5, 0.6) is 11.5 Å². The molecule has 0 aliphatic carbocycles. The van der Waals surface area contributed by atoms with Gasteiger partial charge in [-0.2, -0.15) is 4.98 Å². The Morgan fingerprint density at radius 3 is 2.13 bits per heavy atom. The molecule has 0 spiro atoms. The first-order chi connectivity index (χ1) is 18.8. The summed E-state index contributed by atoms with van der Waals surface area (Å²) in [6.45, 7) is 4.73. The van der Waals surface area contributed by atoms with Crippen LogP contribution in [-0.2, 0) is 0 Å². The van der Waals surface area contributed by atoms with E-state index in [0.717, 1.165) is 23.7 Å². The molecule has 202 valence electrons. The van der Waals surface area contributed by atoms with Crippen LogP contribution in [-0.4, -0.2) is 42.5 Å². The molecule has 4 rings (SSSR count). The lowest BCUT2D eigenvalue weighted by molar-refractivity contribution is 0.0995. The summed E-state index contributed by atoms with van der Waals surface area (Å²) in [5.41, 5.74) is 8.45. The maximum Gasteiger partial charge on any atom is 0.255 e. The van der Waals surface area contributed by atoms with E-state index >= 15 is 0 Å². The molecule has 0 unspecified atom stereocenters. The smallest absolute Gasteiger partial charge is 0.255 e. The summed E-state index contributed by atoms with van der Waals surface area (Å²) in [6, 6.07) is 23.1. The van der Waals surface area contributed by atoms with Gasteiger partial charge in [-0.3, -0.25) is 9.59 Å². The molecule has 0 aliphatic rings. The molecule has 0 radical (unpaired) electrons. The quantitative estimate of drug-likeness (QED) is 0.237. The molecule has 0 saturated heterocycles. The molecule has 5 N–H and O–H groups in total. The number of benzene rings is 3. The van der Waals surface area contributed by atoms with Gasteiger partial charge >= 0.3 is 0 Å². The largest absolute Gasteiger partial charge is 0.497 e. The Bertz CT molecular complexity index is 1390. The van der Waals surface area contributed by atoms with E-state index in [1.54, 1.807) is 55.6 Å². The number of carbonyl (C=O) groups is 2. The van der Waals surface area contributed by atoms with Crippen molar-refractivity contribution in [3.05, 3.63) is 95.7 Å². The number of primary amides is 1. The van der Waals surface area contributed by atoms with Crippen LogP contribution in [0.1, 0.15) is 33.3 Å². The summed E-state index contributed by atoms with van der Waals surface area (Å²) in [7, 11) is 3.09. The Kier molecular flexibility index (Phi) is 10.2. The molecule has 3 aromatic carbocycles. The maximum atomic E-state index is 12.3. The first-order valence-electron chi connectivity index (χ1n) is 12.2. The van der Waals surface area contributed by atoms with Crippen molar-refractivity contribution < 1.29 is 19.1 Å². The SMILES string of the molecule is CCNc1cc(C)nc(Nc2ccc(NC(=O)c3ccc(OC)cc3)cc2)n1.COc1ccccc1C(N)=O. The average molecular weight is 529 g/mol. The topological polar surface area (TPSA) is 140 Å². The number of methoxy groups -OCH3 is 2.